The molecular weight excluding hydrogens is 338 g/mol. The molecule has 0 spiro atoms. The van der Waals surface area contributed by atoms with Crippen molar-refractivity contribution in [3.8, 4) is 0 Å². The summed E-state index contributed by atoms with van der Waals surface area (Å²) in [6, 6.07) is 3.00. The van der Waals surface area contributed by atoms with Gasteiger partial charge in [-0.25, -0.2) is 13.1 Å². The van der Waals surface area contributed by atoms with Crippen LogP contribution in [0, 0.1) is 17.0 Å². The average molecular weight is 352 g/mol. The van der Waals surface area contributed by atoms with Crippen LogP contribution in [0.2, 0.25) is 0 Å². The van der Waals surface area contributed by atoms with E-state index in [1.54, 1.807) is 13.0 Å². The van der Waals surface area contributed by atoms with Gasteiger partial charge in [0.05, 0.1) is 10.7 Å². The molecule has 0 aliphatic rings. The number of sulfonamides is 1. The number of nitro groups is 1. The van der Waals surface area contributed by atoms with Crippen LogP contribution >= 0.6 is 15.9 Å². The summed E-state index contributed by atoms with van der Waals surface area (Å²) in [6.45, 7) is 1.83. The molecular formula is C10H14BrN3O4S. The Labute approximate surface area is 119 Å². The third-order valence-electron chi connectivity index (χ3n) is 2.48. The van der Waals surface area contributed by atoms with Gasteiger partial charge in [0.1, 0.15) is 0 Å². The minimum absolute atomic E-state index is 0.0141. The number of hydrogen-bond acceptors (Lipinski definition) is 5. The van der Waals surface area contributed by atoms with Crippen LogP contribution in [0.25, 0.3) is 0 Å². The van der Waals surface area contributed by atoms with Gasteiger partial charge in [-0.3, -0.25) is 10.1 Å². The standard InChI is InChI=1S/C10H14BrN3O4S/c1-7-5-9(8(11)6-10(7)14(15)16)13-3-4-19(17,18)12-2/h5-6,12-13H,3-4H2,1-2H3. The first-order valence-electron chi connectivity index (χ1n) is 5.36. The van der Waals surface area contributed by atoms with E-state index in [2.05, 4.69) is 26.0 Å². The van der Waals surface area contributed by atoms with Gasteiger partial charge in [-0.1, -0.05) is 0 Å². The van der Waals surface area contributed by atoms with Crippen molar-refractivity contribution >= 4 is 37.3 Å². The van der Waals surface area contributed by atoms with Crippen LogP contribution in [-0.2, 0) is 10.0 Å². The van der Waals surface area contributed by atoms with Gasteiger partial charge < -0.3 is 5.32 Å². The highest BCUT2D eigenvalue weighted by Crippen LogP contribution is 2.30. The second kappa shape index (κ2) is 6.31. The van der Waals surface area contributed by atoms with Gasteiger partial charge in [0.2, 0.25) is 10.0 Å². The van der Waals surface area contributed by atoms with Gasteiger partial charge in [0.25, 0.3) is 5.69 Å². The molecule has 106 valence electrons. The molecule has 0 amide bonds. The minimum atomic E-state index is -3.27. The summed E-state index contributed by atoms with van der Waals surface area (Å²) >= 11 is 3.22. The second-order valence-electron chi connectivity index (χ2n) is 3.83. The molecule has 9 heteroatoms. The Bertz CT molecular complexity index is 589. The second-order valence-corrected chi connectivity index (χ2v) is 6.73. The Balaban J connectivity index is 2.81. The van der Waals surface area contributed by atoms with Gasteiger partial charge in [0, 0.05) is 28.3 Å². The lowest BCUT2D eigenvalue weighted by atomic mass is 10.2. The van der Waals surface area contributed by atoms with E-state index in [0.29, 0.717) is 15.7 Å². The molecule has 0 saturated heterocycles. The molecule has 0 heterocycles. The van der Waals surface area contributed by atoms with Crippen LogP contribution < -0.4 is 10.0 Å². The zero-order chi connectivity index (χ0) is 14.6. The van der Waals surface area contributed by atoms with Crippen molar-refractivity contribution in [1.29, 1.82) is 0 Å². The SMILES string of the molecule is CNS(=O)(=O)CCNc1cc(C)c([N+](=O)[O-])cc1Br. The smallest absolute Gasteiger partial charge is 0.273 e. The quantitative estimate of drug-likeness (QED) is 0.599. The Morgan fingerprint density at radius 3 is 2.58 bits per heavy atom. The molecule has 0 radical (unpaired) electrons. The summed E-state index contributed by atoms with van der Waals surface area (Å²) in [4.78, 5) is 10.3. The maximum atomic E-state index is 11.2. The number of rotatable bonds is 6. The maximum absolute atomic E-state index is 11.2. The number of benzene rings is 1. The van der Waals surface area contributed by atoms with E-state index in [1.165, 1.54) is 13.1 Å². The van der Waals surface area contributed by atoms with Crippen LogP contribution in [0.3, 0.4) is 0 Å². The Kier molecular flexibility index (Phi) is 5.27. The van der Waals surface area contributed by atoms with E-state index in [0.717, 1.165) is 0 Å². The summed E-state index contributed by atoms with van der Waals surface area (Å²) in [7, 11) is -1.92. The lowest BCUT2D eigenvalue weighted by Crippen LogP contribution is -2.26. The van der Waals surface area contributed by atoms with Crippen molar-refractivity contribution in [2.24, 2.45) is 0 Å². The fourth-order valence-electron chi connectivity index (χ4n) is 1.43. The molecule has 0 bridgehead atoms. The van der Waals surface area contributed by atoms with Crippen LogP contribution in [0.4, 0.5) is 11.4 Å². The summed E-state index contributed by atoms with van der Waals surface area (Å²) in [5.41, 5.74) is 1.14. The Hall–Kier alpha value is -1.19. The zero-order valence-electron chi connectivity index (χ0n) is 10.4. The lowest BCUT2D eigenvalue weighted by Gasteiger charge is -2.10. The first kappa shape index (κ1) is 15.9. The lowest BCUT2D eigenvalue weighted by molar-refractivity contribution is -0.385. The first-order valence-corrected chi connectivity index (χ1v) is 7.81. The Morgan fingerprint density at radius 1 is 1.42 bits per heavy atom. The third-order valence-corrected chi connectivity index (χ3v) is 4.50. The van der Waals surface area contributed by atoms with Gasteiger partial charge in [0.15, 0.2) is 0 Å². The van der Waals surface area contributed by atoms with Crippen molar-refractivity contribution in [3.63, 3.8) is 0 Å². The fourth-order valence-corrected chi connectivity index (χ4v) is 2.47. The predicted octanol–water partition coefficient (Wildman–Crippen LogP) is 1.63. The first-order chi connectivity index (χ1) is 8.76. The fraction of sp³-hybridized carbons (Fsp3) is 0.400. The van der Waals surface area contributed by atoms with Crippen molar-refractivity contribution in [2.45, 2.75) is 6.92 Å². The predicted molar refractivity (Wildman–Crippen MR) is 76.9 cm³/mol. The van der Waals surface area contributed by atoms with E-state index < -0.39 is 14.9 Å². The van der Waals surface area contributed by atoms with Gasteiger partial charge >= 0.3 is 0 Å². The normalized spacial score (nSPS) is 11.3. The Morgan fingerprint density at radius 2 is 2.05 bits per heavy atom. The minimum Gasteiger partial charge on any atom is -0.383 e. The molecule has 1 aromatic carbocycles. The number of nitrogens with zero attached hydrogens (tertiary/aromatic N) is 1. The molecule has 0 saturated carbocycles. The third kappa shape index (κ3) is 4.44. The molecule has 0 aliphatic carbocycles. The van der Waals surface area contributed by atoms with E-state index in [9.17, 15) is 18.5 Å². The topological polar surface area (TPSA) is 101 Å². The van der Waals surface area contributed by atoms with Crippen LogP contribution in [0.1, 0.15) is 5.56 Å². The van der Waals surface area contributed by atoms with Crippen LogP contribution in [0.5, 0.6) is 0 Å². The molecule has 0 aromatic heterocycles. The number of hydrogen-bond donors (Lipinski definition) is 2. The van der Waals surface area contributed by atoms with Gasteiger partial charge in [-0.2, -0.15) is 0 Å². The monoisotopic (exact) mass is 351 g/mol. The molecule has 19 heavy (non-hydrogen) atoms. The highest BCUT2D eigenvalue weighted by molar-refractivity contribution is 9.10. The molecule has 0 atom stereocenters. The number of halogens is 1. The number of nitro benzene ring substituents is 1. The number of aryl methyl sites for hydroxylation is 1. The van der Waals surface area contributed by atoms with E-state index in [4.69, 9.17) is 0 Å². The van der Waals surface area contributed by atoms with Crippen LogP contribution in [0.15, 0.2) is 16.6 Å². The molecule has 1 aromatic rings. The average Bonchev–Trinajstić information content (AvgIpc) is 2.32. The zero-order valence-corrected chi connectivity index (χ0v) is 12.8. The molecule has 0 unspecified atom stereocenters. The van der Waals surface area contributed by atoms with Crippen molar-refractivity contribution in [2.75, 3.05) is 24.7 Å². The maximum Gasteiger partial charge on any atom is 0.273 e. The molecule has 1 rings (SSSR count). The molecule has 7 nitrogen and oxygen atoms in total. The highest BCUT2D eigenvalue weighted by atomic mass is 79.9. The van der Waals surface area contributed by atoms with Gasteiger partial charge in [-0.05, 0) is 36.0 Å². The molecule has 2 N–H and O–H groups in total. The summed E-state index contributed by atoms with van der Waals surface area (Å²) in [5.74, 6) is -0.0774. The van der Waals surface area contributed by atoms with Crippen molar-refractivity contribution in [1.82, 2.24) is 4.72 Å². The van der Waals surface area contributed by atoms with Crippen molar-refractivity contribution in [3.05, 3.63) is 32.3 Å². The van der Waals surface area contributed by atoms with Gasteiger partial charge in [-0.15, -0.1) is 0 Å². The van der Waals surface area contributed by atoms with E-state index in [1.807, 2.05) is 0 Å². The van der Waals surface area contributed by atoms with Crippen molar-refractivity contribution < 1.29 is 13.3 Å². The van der Waals surface area contributed by atoms with Crippen LogP contribution in [-0.4, -0.2) is 32.7 Å². The van der Waals surface area contributed by atoms with E-state index in [-0.39, 0.29) is 18.0 Å². The number of anilines is 1. The number of nitrogens with one attached hydrogen (secondary N) is 2. The largest absolute Gasteiger partial charge is 0.383 e. The summed E-state index contributed by atoms with van der Waals surface area (Å²) in [6.07, 6.45) is 0. The summed E-state index contributed by atoms with van der Waals surface area (Å²) < 4.78 is 25.2. The molecule has 0 aliphatic heterocycles. The summed E-state index contributed by atoms with van der Waals surface area (Å²) in [5, 5.41) is 13.7. The highest BCUT2D eigenvalue weighted by Gasteiger charge is 2.14. The molecule has 0 fully saturated rings. The van der Waals surface area contributed by atoms with E-state index >= 15 is 0 Å².